The molecule has 2 rings (SSSR count). The standard InChI is InChI=1S/C18H24ClN5O.HI/c1-4-6-7-11-24(3)18(20-5-2)21-13-16-22-17(23-25-16)14-9-8-10-15(19)12-14;/h4,8-10,12H,1,5-7,11,13H2,2-3H3,(H,20,21);1H. The molecular formula is C18H25ClIN5O. The highest BCUT2D eigenvalue weighted by Crippen LogP contribution is 2.20. The van der Waals surface area contributed by atoms with Crippen LogP contribution in [-0.2, 0) is 6.54 Å². The third kappa shape index (κ3) is 6.95. The van der Waals surface area contributed by atoms with E-state index in [1.54, 1.807) is 12.1 Å². The summed E-state index contributed by atoms with van der Waals surface area (Å²) in [5.41, 5.74) is 0.819. The number of rotatable bonds is 8. The van der Waals surface area contributed by atoms with E-state index in [2.05, 4.69) is 31.9 Å². The number of nitrogens with zero attached hydrogens (tertiary/aromatic N) is 4. The summed E-state index contributed by atoms with van der Waals surface area (Å²) in [5.74, 6) is 1.79. The van der Waals surface area contributed by atoms with Crippen LogP contribution >= 0.6 is 35.6 Å². The van der Waals surface area contributed by atoms with Gasteiger partial charge in [0.2, 0.25) is 11.7 Å². The molecule has 142 valence electrons. The molecule has 0 saturated heterocycles. The molecule has 0 spiro atoms. The molecule has 1 heterocycles. The van der Waals surface area contributed by atoms with Crippen LogP contribution in [0.5, 0.6) is 0 Å². The maximum atomic E-state index is 6.00. The summed E-state index contributed by atoms with van der Waals surface area (Å²) in [4.78, 5) is 11.0. The molecule has 1 N–H and O–H groups in total. The Morgan fingerprint density at radius 1 is 1.46 bits per heavy atom. The predicted molar refractivity (Wildman–Crippen MR) is 117 cm³/mol. The third-order valence-electron chi connectivity index (χ3n) is 3.51. The minimum Gasteiger partial charge on any atom is -0.357 e. The normalized spacial score (nSPS) is 11.0. The van der Waals surface area contributed by atoms with Crippen molar-refractivity contribution in [3.63, 3.8) is 0 Å². The summed E-state index contributed by atoms with van der Waals surface area (Å²) >= 11 is 6.00. The number of halogens is 2. The quantitative estimate of drug-likeness (QED) is 0.196. The van der Waals surface area contributed by atoms with E-state index in [9.17, 15) is 0 Å². The van der Waals surface area contributed by atoms with Crippen molar-refractivity contribution >= 4 is 41.5 Å². The number of aromatic nitrogens is 2. The van der Waals surface area contributed by atoms with Crippen LogP contribution in [0.25, 0.3) is 11.4 Å². The lowest BCUT2D eigenvalue weighted by molar-refractivity contribution is 0.379. The molecule has 0 atom stereocenters. The molecule has 0 fully saturated rings. The van der Waals surface area contributed by atoms with Gasteiger partial charge in [-0.15, -0.1) is 30.6 Å². The smallest absolute Gasteiger partial charge is 0.248 e. The lowest BCUT2D eigenvalue weighted by atomic mass is 10.2. The van der Waals surface area contributed by atoms with Crippen molar-refractivity contribution in [1.29, 1.82) is 0 Å². The maximum absolute atomic E-state index is 6.00. The Bertz CT molecular complexity index is 719. The number of nitrogens with one attached hydrogen (secondary N) is 1. The van der Waals surface area contributed by atoms with Crippen molar-refractivity contribution in [1.82, 2.24) is 20.4 Å². The number of allylic oxidation sites excluding steroid dienone is 1. The van der Waals surface area contributed by atoms with E-state index in [1.807, 2.05) is 32.2 Å². The highest BCUT2D eigenvalue weighted by molar-refractivity contribution is 14.0. The van der Waals surface area contributed by atoms with Gasteiger partial charge in [0.05, 0.1) is 0 Å². The zero-order valence-corrected chi connectivity index (χ0v) is 18.2. The molecule has 1 aromatic heterocycles. The van der Waals surface area contributed by atoms with Crippen molar-refractivity contribution in [3.8, 4) is 11.4 Å². The molecule has 26 heavy (non-hydrogen) atoms. The minimum absolute atomic E-state index is 0. The van der Waals surface area contributed by atoms with Gasteiger partial charge in [-0.1, -0.05) is 35.0 Å². The van der Waals surface area contributed by atoms with Gasteiger partial charge in [-0.2, -0.15) is 4.98 Å². The Labute approximate surface area is 176 Å². The van der Waals surface area contributed by atoms with Crippen LogP contribution in [0.4, 0.5) is 0 Å². The average molecular weight is 490 g/mol. The van der Waals surface area contributed by atoms with Gasteiger partial charge in [0, 0.05) is 30.7 Å². The SMILES string of the molecule is C=CCCCN(C)C(=NCc1nc(-c2cccc(Cl)c2)no1)NCC.I. The van der Waals surface area contributed by atoms with E-state index in [0.29, 0.717) is 23.3 Å². The lowest BCUT2D eigenvalue weighted by Crippen LogP contribution is -2.39. The zero-order valence-electron chi connectivity index (χ0n) is 15.1. The highest BCUT2D eigenvalue weighted by atomic mass is 127. The van der Waals surface area contributed by atoms with Gasteiger partial charge in [0.1, 0.15) is 6.54 Å². The van der Waals surface area contributed by atoms with Gasteiger partial charge in [-0.05, 0) is 31.9 Å². The van der Waals surface area contributed by atoms with Crippen molar-refractivity contribution in [2.75, 3.05) is 20.1 Å². The van der Waals surface area contributed by atoms with Crippen LogP contribution in [0.3, 0.4) is 0 Å². The highest BCUT2D eigenvalue weighted by Gasteiger charge is 2.10. The van der Waals surface area contributed by atoms with Crippen molar-refractivity contribution in [2.24, 2.45) is 4.99 Å². The van der Waals surface area contributed by atoms with Crippen LogP contribution in [0.2, 0.25) is 5.02 Å². The first-order valence-corrected chi connectivity index (χ1v) is 8.70. The largest absolute Gasteiger partial charge is 0.357 e. The number of hydrogen-bond acceptors (Lipinski definition) is 4. The monoisotopic (exact) mass is 489 g/mol. The molecule has 0 bridgehead atoms. The van der Waals surface area contributed by atoms with E-state index in [0.717, 1.165) is 37.5 Å². The van der Waals surface area contributed by atoms with Crippen molar-refractivity contribution in [2.45, 2.75) is 26.3 Å². The van der Waals surface area contributed by atoms with Crippen LogP contribution < -0.4 is 5.32 Å². The van der Waals surface area contributed by atoms with Gasteiger partial charge in [0.15, 0.2) is 5.96 Å². The number of guanidine groups is 1. The summed E-state index contributed by atoms with van der Waals surface area (Å²) < 4.78 is 5.29. The van der Waals surface area contributed by atoms with Gasteiger partial charge < -0.3 is 14.7 Å². The second kappa shape index (κ2) is 11.9. The first-order valence-electron chi connectivity index (χ1n) is 8.33. The fraction of sp³-hybridized carbons (Fsp3) is 0.389. The molecular weight excluding hydrogens is 465 g/mol. The maximum Gasteiger partial charge on any atom is 0.248 e. The predicted octanol–water partition coefficient (Wildman–Crippen LogP) is 4.37. The summed E-state index contributed by atoms with van der Waals surface area (Å²) in [6, 6.07) is 7.35. The minimum atomic E-state index is 0. The van der Waals surface area contributed by atoms with E-state index >= 15 is 0 Å². The number of hydrogen-bond donors (Lipinski definition) is 1. The molecule has 1 aromatic carbocycles. The molecule has 0 saturated carbocycles. The number of unbranched alkanes of at least 4 members (excludes halogenated alkanes) is 1. The van der Waals surface area contributed by atoms with Gasteiger partial charge in [-0.25, -0.2) is 4.99 Å². The van der Waals surface area contributed by atoms with Crippen molar-refractivity contribution in [3.05, 3.63) is 47.8 Å². The second-order valence-corrected chi connectivity index (χ2v) is 5.98. The molecule has 0 unspecified atom stereocenters. The Balaban J connectivity index is 0.00000338. The Morgan fingerprint density at radius 2 is 2.27 bits per heavy atom. The third-order valence-corrected chi connectivity index (χ3v) is 3.75. The van der Waals surface area contributed by atoms with Crippen LogP contribution in [-0.4, -0.2) is 41.1 Å². The van der Waals surface area contributed by atoms with Gasteiger partial charge in [0.25, 0.3) is 0 Å². The van der Waals surface area contributed by atoms with E-state index in [-0.39, 0.29) is 24.0 Å². The lowest BCUT2D eigenvalue weighted by Gasteiger charge is -2.21. The first kappa shape index (κ1) is 22.4. The fourth-order valence-corrected chi connectivity index (χ4v) is 2.45. The Morgan fingerprint density at radius 3 is 2.96 bits per heavy atom. The average Bonchev–Trinajstić information content (AvgIpc) is 3.07. The van der Waals surface area contributed by atoms with E-state index in [4.69, 9.17) is 16.1 Å². The van der Waals surface area contributed by atoms with Crippen LogP contribution in [0, 0.1) is 0 Å². The van der Waals surface area contributed by atoms with E-state index < -0.39 is 0 Å². The summed E-state index contributed by atoms with van der Waals surface area (Å²) in [5, 5.41) is 7.90. The molecule has 0 aliphatic heterocycles. The summed E-state index contributed by atoms with van der Waals surface area (Å²) in [6.45, 7) is 7.80. The molecule has 0 aliphatic rings. The molecule has 6 nitrogen and oxygen atoms in total. The van der Waals surface area contributed by atoms with Crippen LogP contribution in [0.1, 0.15) is 25.7 Å². The second-order valence-electron chi connectivity index (χ2n) is 5.54. The zero-order chi connectivity index (χ0) is 18.1. The molecule has 8 heteroatoms. The van der Waals surface area contributed by atoms with Crippen LogP contribution in [0.15, 0.2) is 46.4 Å². The molecule has 2 aromatic rings. The summed E-state index contributed by atoms with van der Waals surface area (Å²) in [7, 11) is 2.01. The van der Waals surface area contributed by atoms with Gasteiger partial charge in [-0.3, -0.25) is 0 Å². The van der Waals surface area contributed by atoms with E-state index in [1.165, 1.54) is 0 Å². The molecule has 0 radical (unpaired) electrons. The topological polar surface area (TPSA) is 66.5 Å². The number of aliphatic imine (C=N–C) groups is 1. The Kier molecular flexibility index (Phi) is 10.3. The number of benzene rings is 1. The first-order chi connectivity index (χ1) is 12.1. The van der Waals surface area contributed by atoms with Gasteiger partial charge >= 0.3 is 0 Å². The Hall–Kier alpha value is -1.61. The fourth-order valence-electron chi connectivity index (χ4n) is 2.25. The molecule has 0 aliphatic carbocycles. The summed E-state index contributed by atoms with van der Waals surface area (Å²) in [6.07, 6.45) is 3.94. The molecule has 0 amide bonds. The van der Waals surface area contributed by atoms with Crippen molar-refractivity contribution < 1.29 is 4.52 Å².